The number of allylic oxidation sites excluding steroid dienone is 1. The van der Waals surface area contributed by atoms with Crippen molar-refractivity contribution < 1.29 is 9.53 Å². The van der Waals surface area contributed by atoms with Gasteiger partial charge in [-0.15, -0.1) is 0 Å². The third-order valence-electron chi connectivity index (χ3n) is 5.92. The molecule has 35 heavy (non-hydrogen) atoms. The predicted octanol–water partition coefficient (Wildman–Crippen LogP) is 5.75. The first-order chi connectivity index (χ1) is 17.0. The molecule has 4 aromatic rings. The van der Waals surface area contributed by atoms with Crippen LogP contribution >= 0.6 is 11.6 Å². The molecule has 7 nitrogen and oxygen atoms in total. The zero-order valence-electron chi connectivity index (χ0n) is 19.3. The molecule has 0 fully saturated rings. The molecule has 3 aromatic carbocycles. The second-order valence-corrected chi connectivity index (χ2v) is 8.79. The number of aromatic nitrogens is 3. The molecular formula is C27H24ClN5O2. The van der Waals surface area contributed by atoms with Crippen molar-refractivity contribution in [1.29, 1.82) is 0 Å². The fourth-order valence-corrected chi connectivity index (χ4v) is 4.35. The first-order valence-electron chi connectivity index (χ1n) is 11.2. The van der Waals surface area contributed by atoms with E-state index in [-0.39, 0.29) is 5.91 Å². The number of ether oxygens (including phenoxy) is 1. The van der Waals surface area contributed by atoms with Crippen LogP contribution in [0.5, 0.6) is 5.75 Å². The molecule has 2 N–H and O–H groups in total. The van der Waals surface area contributed by atoms with Crippen LogP contribution in [0.1, 0.15) is 29.7 Å². The number of carbonyl (C=O) groups excluding carboxylic acids is 1. The van der Waals surface area contributed by atoms with Gasteiger partial charge in [0.05, 0.1) is 5.57 Å². The standard InChI is InChI=1S/C27H24ClN5O2/c1-17-6-3-4-9-23(17)32-26(34)24-18(2)31-27-29-16-30-33(27)25(24)20-10-12-22(13-11-20)35-15-19-7-5-8-21(28)14-19/h3-14,16,25H,15H2,1-2H3,(H,32,34)(H,29,30,31). The van der Waals surface area contributed by atoms with Gasteiger partial charge in [-0.3, -0.25) is 4.79 Å². The second-order valence-electron chi connectivity index (χ2n) is 8.35. The van der Waals surface area contributed by atoms with Crippen LogP contribution in [-0.4, -0.2) is 20.7 Å². The molecule has 0 bridgehead atoms. The van der Waals surface area contributed by atoms with Crippen LogP contribution in [0.25, 0.3) is 0 Å². The van der Waals surface area contributed by atoms with Crippen LogP contribution in [-0.2, 0) is 11.4 Å². The summed E-state index contributed by atoms with van der Waals surface area (Å²) in [5.74, 6) is 1.10. The molecule has 1 amide bonds. The van der Waals surface area contributed by atoms with E-state index in [2.05, 4.69) is 20.7 Å². The summed E-state index contributed by atoms with van der Waals surface area (Å²) < 4.78 is 7.66. The van der Waals surface area contributed by atoms with Gasteiger partial charge in [0.1, 0.15) is 24.7 Å². The van der Waals surface area contributed by atoms with Crippen molar-refractivity contribution in [2.45, 2.75) is 26.5 Å². The third kappa shape index (κ3) is 4.76. The van der Waals surface area contributed by atoms with E-state index in [1.165, 1.54) is 6.33 Å². The number of amides is 1. The fraction of sp³-hybridized carbons (Fsp3) is 0.148. The minimum atomic E-state index is -0.445. The Balaban J connectivity index is 1.42. The molecule has 1 aliphatic rings. The Morgan fingerprint density at radius 1 is 1.09 bits per heavy atom. The van der Waals surface area contributed by atoms with E-state index in [4.69, 9.17) is 16.3 Å². The summed E-state index contributed by atoms with van der Waals surface area (Å²) in [7, 11) is 0. The van der Waals surface area contributed by atoms with Crippen molar-refractivity contribution in [2.75, 3.05) is 10.6 Å². The van der Waals surface area contributed by atoms with Crippen molar-refractivity contribution >= 4 is 29.1 Å². The van der Waals surface area contributed by atoms with Crippen LogP contribution in [0.15, 0.2) is 90.4 Å². The van der Waals surface area contributed by atoms with Crippen LogP contribution in [0.4, 0.5) is 11.6 Å². The smallest absolute Gasteiger partial charge is 0.255 e. The van der Waals surface area contributed by atoms with Gasteiger partial charge in [-0.25, -0.2) is 4.68 Å². The average Bonchev–Trinajstić information content (AvgIpc) is 3.32. The van der Waals surface area contributed by atoms with Gasteiger partial charge in [-0.05, 0) is 60.9 Å². The molecule has 0 radical (unpaired) electrons. The van der Waals surface area contributed by atoms with Crippen molar-refractivity contribution in [1.82, 2.24) is 14.8 Å². The highest BCUT2D eigenvalue weighted by molar-refractivity contribution is 6.30. The highest BCUT2D eigenvalue weighted by atomic mass is 35.5. The van der Waals surface area contributed by atoms with Gasteiger partial charge in [0, 0.05) is 16.4 Å². The van der Waals surface area contributed by atoms with Crippen molar-refractivity contribution in [2.24, 2.45) is 0 Å². The second kappa shape index (κ2) is 9.64. The van der Waals surface area contributed by atoms with Gasteiger partial charge in [0.2, 0.25) is 5.95 Å². The number of rotatable bonds is 6. The average molecular weight is 486 g/mol. The molecule has 1 aliphatic heterocycles. The maximum absolute atomic E-state index is 13.5. The van der Waals surface area contributed by atoms with E-state index >= 15 is 0 Å². The van der Waals surface area contributed by atoms with Gasteiger partial charge >= 0.3 is 0 Å². The van der Waals surface area contributed by atoms with Gasteiger partial charge in [-0.2, -0.15) is 10.1 Å². The summed E-state index contributed by atoms with van der Waals surface area (Å²) in [4.78, 5) is 17.8. The molecule has 1 atom stereocenters. The Morgan fingerprint density at radius 2 is 1.89 bits per heavy atom. The number of hydrogen-bond donors (Lipinski definition) is 2. The number of halogens is 1. The first kappa shape index (κ1) is 22.7. The maximum Gasteiger partial charge on any atom is 0.255 e. The van der Waals surface area contributed by atoms with Gasteiger partial charge < -0.3 is 15.4 Å². The number of anilines is 2. The molecule has 0 saturated heterocycles. The molecule has 5 rings (SSSR count). The van der Waals surface area contributed by atoms with E-state index in [1.807, 2.05) is 86.6 Å². The number of aryl methyl sites for hydroxylation is 1. The van der Waals surface area contributed by atoms with E-state index in [0.717, 1.165) is 28.1 Å². The lowest BCUT2D eigenvalue weighted by molar-refractivity contribution is -0.113. The van der Waals surface area contributed by atoms with Crippen molar-refractivity contribution in [3.63, 3.8) is 0 Å². The summed E-state index contributed by atoms with van der Waals surface area (Å²) in [6, 6.07) is 22.5. The number of fused-ring (bicyclic) bond motifs is 1. The van der Waals surface area contributed by atoms with Crippen LogP contribution in [0, 0.1) is 6.92 Å². The molecule has 0 aliphatic carbocycles. The third-order valence-corrected chi connectivity index (χ3v) is 6.16. The molecule has 176 valence electrons. The van der Waals surface area contributed by atoms with Crippen molar-refractivity contribution in [3.05, 3.63) is 112 Å². The molecule has 0 saturated carbocycles. The Bertz CT molecular complexity index is 1410. The Kier molecular flexibility index (Phi) is 6.25. The number of nitrogens with zero attached hydrogens (tertiary/aromatic N) is 3. The number of hydrogen-bond acceptors (Lipinski definition) is 5. The Labute approximate surface area is 208 Å². The zero-order chi connectivity index (χ0) is 24.4. The van der Waals surface area contributed by atoms with E-state index in [1.54, 1.807) is 4.68 Å². The van der Waals surface area contributed by atoms with Crippen molar-refractivity contribution in [3.8, 4) is 5.75 Å². The minimum Gasteiger partial charge on any atom is -0.489 e. The SMILES string of the molecule is CC1=C(C(=O)Nc2ccccc2C)C(c2ccc(OCc3cccc(Cl)c3)cc2)n2ncnc2N1. The Hall–Kier alpha value is -4.10. The monoisotopic (exact) mass is 485 g/mol. The highest BCUT2D eigenvalue weighted by Gasteiger charge is 2.33. The normalized spacial score (nSPS) is 14.8. The Morgan fingerprint density at radius 3 is 2.66 bits per heavy atom. The largest absolute Gasteiger partial charge is 0.489 e. The molecule has 1 unspecified atom stereocenters. The number of benzene rings is 3. The number of para-hydroxylation sites is 1. The maximum atomic E-state index is 13.5. The topological polar surface area (TPSA) is 81.1 Å². The highest BCUT2D eigenvalue weighted by Crippen LogP contribution is 2.36. The van der Waals surface area contributed by atoms with Crippen LogP contribution in [0.3, 0.4) is 0 Å². The quantitative estimate of drug-likeness (QED) is 0.363. The predicted molar refractivity (Wildman–Crippen MR) is 137 cm³/mol. The fourth-order valence-electron chi connectivity index (χ4n) is 4.14. The van der Waals surface area contributed by atoms with E-state index in [0.29, 0.717) is 28.9 Å². The van der Waals surface area contributed by atoms with Crippen LogP contribution in [0.2, 0.25) is 5.02 Å². The lowest BCUT2D eigenvalue weighted by Gasteiger charge is -2.29. The summed E-state index contributed by atoms with van der Waals surface area (Å²) in [5.41, 5.74) is 4.93. The first-order valence-corrected chi connectivity index (χ1v) is 11.6. The lowest BCUT2D eigenvalue weighted by atomic mass is 9.95. The summed E-state index contributed by atoms with van der Waals surface area (Å²) in [6.45, 7) is 4.25. The van der Waals surface area contributed by atoms with E-state index in [9.17, 15) is 4.79 Å². The van der Waals surface area contributed by atoms with E-state index < -0.39 is 6.04 Å². The minimum absolute atomic E-state index is 0.197. The van der Waals surface area contributed by atoms with Gasteiger partial charge in [0.15, 0.2) is 0 Å². The lowest BCUT2D eigenvalue weighted by Crippen LogP contribution is -2.31. The van der Waals surface area contributed by atoms with Gasteiger partial charge in [-0.1, -0.05) is 54.1 Å². The molecule has 0 spiro atoms. The zero-order valence-corrected chi connectivity index (χ0v) is 20.1. The molecule has 1 aromatic heterocycles. The number of nitrogens with one attached hydrogen (secondary N) is 2. The summed E-state index contributed by atoms with van der Waals surface area (Å²) in [6.07, 6.45) is 1.48. The summed E-state index contributed by atoms with van der Waals surface area (Å²) >= 11 is 6.06. The summed E-state index contributed by atoms with van der Waals surface area (Å²) in [5, 5.41) is 11.3. The number of carbonyl (C=O) groups is 1. The molecular weight excluding hydrogens is 462 g/mol. The van der Waals surface area contributed by atoms with Gasteiger partial charge in [0.25, 0.3) is 5.91 Å². The van der Waals surface area contributed by atoms with Crippen LogP contribution < -0.4 is 15.4 Å². The molecule has 8 heteroatoms. The molecule has 2 heterocycles.